The van der Waals surface area contributed by atoms with Crippen molar-refractivity contribution in [3.05, 3.63) is 143 Å². The zero-order valence-corrected chi connectivity index (χ0v) is 20.9. The van der Waals surface area contributed by atoms with Crippen molar-refractivity contribution in [2.45, 2.75) is 34.6 Å². The van der Waals surface area contributed by atoms with Gasteiger partial charge in [-0.3, -0.25) is 0 Å². The van der Waals surface area contributed by atoms with Crippen molar-refractivity contribution >= 4 is 11.6 Å². The fourth-order valence-corrected chi connectivity index (χ4v) is 3.39. The van der Waals surface area contributed by atoms with Gasteiger partial charge in [0.25, 0.3) is 0 Å². The summed E-state index contributed by atoms with van der Waals surface area (Å²) in [7, 11) is 0. The molecule has 0 aliphatic heterocycles. The van der Waals surface area contributed by atoms with E-state index in [4.69, 9.17) is 5.73 Å². The highest BCUT2D eigenvalue weighted by Gasteiger charge is 2.11. The first-order valence-corrected chi connectivity index (χ1v) is 11.3. The zero-order valence-electron chi connectivity index (χ0n) is 20.9. The lowest BCUT2D eigenvalue weighted by Gasteiger charge is -2.16. The van der Waals surface area contributed by atoms with Crippen molar-refractivity contribution in [2.24, 2.45) is 11.7 Å². The molecule has 0 radical (unpaired) electrons. The van der Waals surface area contributed by atoms with Gasteiger partial charge in [0.1, 0.15) is 0 Å². The molecule has 0 bridgehead atoms. The van der Waals surface area contributed by atoms with Crippen molar-refractivity contribution in [1.82, 2.24) is 0 Å². The van der Waals surface area contributed by atoms with Gasteiger partial charge in [-0.25, -0.2) is 0 Å². The smallest absolute Gasteiger partial charge is 0.0359 e. The molecule has 0 heterocycles. The largest absolute Gasteiger partial charge is 0.398 e. The molecule has 33 heavy (non-hydrogen) atoms. The van der Waals surface area contributed by atoms with Crippen LogP contribution in [0.4, 0.5) is 0 Å². The first kappa shape index (κ1) is 27.5. The third-order valence-electron chi connectivity index (χ3n) is 5.28. The first-order chi connectivity index (χ1) is 15.8. The Morgan fingerprint density at radius 3 is 2.27 bits per heavy atom. The molecule has 0 amide bonds. The molecule has 172 valence electrons. The van der Waals surface area contributed by atoms with Gasteiger partial charge in [-0.15, -0.1) is 0 Å². The van der Waals surface area contributed by atoms with E-state index in [9.17, 15) is 0 Å². The molecule has 1 atom stereocenters. The fraction of sp³-hybridized carbons (Fsp3) is 0.188. The molecule has 0 saturated carbocycles. The van der Waals surface area contributed by atoms with Crippen molar-refractivity contribution in [3.63, 3.8) is 0 Å². The van der Waals surface area contributed by atoms with Crippen LogP contribution in [0, 0.1) is 5.92 Å². The summed E-state index contributed by atoms with van der Waals surface area (Å²) in [5, 5.41) is 2.35. The van der Waals surface area contributed by atoms with E-state index in [0.29, 0.717) is 0 Å². The number of benzene rings is 1. The Balaban J connectivity index is 3.66. The summed E-state index contributed by atoms with van der Waals surface area (Å²) < 4.78 is 0. The summed E-state index contributed by atoms with van der Waals surface area (Å²) in [6.45, 7) is 22.4. The topological polar surface area (TPSA) is 26.0 Å². The summed E-state index contributed by atoms with van der Waals surface area (Å²) >= 11 is 0. The monoisotopic (exact) mass is 437 g/mol. The molecule has 0 aromatic heterocycles. The minimum absolute atomic E-state index is 0.140. The van der Waals surface area contributed by atoms with Gasteiger partial charge >= 0.3 is 0 Å². The normalized spacial score (nSPS) is 15.2. The van der Waals surface area contributed by atoms with E-state index < -0.39 is 0 Å². The van der Waals surface area contributed by atoms with E-state index in [0.717, 1.165) is 27.6 Å². The van der Waals surface area contributed by atoms with Gasteiger partial charge in [0.2, 0.25) is 0 Å². The van der Waals surface area contributed by atoms with E-state index in [-0.39, 0.29) is 5.92 Å². The number of hydrogen-bond acceptors (Lipinski definition) is 1. The quantitative estimate of drug-likeness (QED) is 0.392. The second-order valence-corrected chi connectivity index (χ2v) is 8.11. The average molecular weight is 438 g/mol. The van der Waals surface area contributed by atoms with Gasteiger partial charge in [-0.05, 0) is 61.3 Å². The predicted octanol–water partition coefficient (Wildman–Crippen LogP) is 7.00. The Morgan fingerprint density at radius 1 is 0.970 bits per heavy atom. The molecule has 1 nitrogen and oxygen atoms in total. The lowest BCUT2D eigenvalue weighted by atomic mass is 9.92. The first-order valence-electron chi connectivity index (χ1n) is 11.3. The van der Waals surface area contributed by atoms with E-state index >= 15 is 0 Å². The lowest BCUT2D eigenvalue weighted by molar-refractivity contribution is 0.928. The minimum atomic E-state index is 0.140. The SMILES string of the molecule is C=C/C=C\C(=C(C)C)C(=C\C(=C)/C=C\C=C/C)/C(N)=C/[C@H](C)/C(C)=c1\cccc\c1=C\C=C. The molecule has 2 N–H and O–H groups in total. The zero-order chi connectivity index (χ0) is 24.8. The summed E-state index contributed by atoms with van der Waals surface area (Å²) in [5.74, 6) is 0.140. The van der Waals surface area contributed by atoms with Crippen LogP contribution in [-0.2, 0) is 0 Å². The third kappa shape index (κ3) is 8.82. The van der Waals surface area contributed by atoms with Crippen LogP contribution in [0.1, 0.15) is 34.6 Å². The minimum Gasteiger partial charge on any atom is -0.398 e. The molecule has 1 rings (SSSR count). The second kappa shape index (κ2) is 14.5. The van der Waals surface area contributed by atoms with Gasteiger partial charge in [0.05, 0.1) is 0 Å². The van der Waals surface area contributed by atoms with Crippen LogP contribution >= 0.6 is 0 Å². The van der Waals surface area contributed by atoms with Crippen molar-refractivity contribution in [1.29, 1.82) is 0 Å². The summed E-state index contributed by atoms with van der Waals surface area (Å²) in [6, 6.07) is 8.35. The molecule has 0 saturated heterocycles. The molecule has 1 heteroatoms. The number of rotatable bonds is 10. The van der Waals surface area contributed by atoms with Crippen molar-refractivity contribution < 1.29 is 0 Å². The van der Waals surface area contributed by atoms with Crippen LogP contribution in [0.5, 0.6) is 0 Å². The molecule has 0 spiro atoms. The molecule has 0 aliphatic rings. The third-order valence-corrected chi connectivity index (χ3v) is 5.28. The summed E-state index contributed by atoms with van der Waals surface area (Å²) in [4.78, 5) is 0. The van der Waals surface area contributed by atoms with E-state index in [1.165, 1.54) is 16.4 Å². The maximum absolute atomic E-state index is 6.73. The van der Waals surface area contributed by atoms with Crippen molar-refractivity contribution in [2.75, 3.05) is 0 Å². The highest BCUT2D eigenvalue weighted by atomic mass is 14.6. The van der Waals surface area contributed by atoms with Crippen LogP contribution in [0.25, 0.3) is 11.6 Å². The maximum atomic E-state index is 6.73. The Kier molecular flexibility index (Phi) is 12.0. The van der Waals surface area contributed by atoms with Crippen LogP contribution in [0.15, 0.2) is 133 Å². The molecule has 0 aliphatic carbocycles. The second-order valence-electron chi connectivity index (χ2n) is 8.11. The van der Waals surface area contributed by atoms with Crippen molar-refractivity contribution in [3.8, 4) is 0 Å². The van der Waals surface area contributed by atoms with Crippen LogP contribution in [0.3, 0.4) is 0 Å². The highest BCUT2D eigenvalue weighted by Crippen LogP contribution is 2.25. The standard InChI is InChI=1S/C32H39N/c1-9-12-14-18-25(6)22-31(29(24(4)5)20-13-10-2)32(33)23-26(7)27(8)30-21-16-15-19-28(30)17-11-3/h9-23,26H,2-3,6,33H2,1,4-5,7-8H3/b12-9-,18-14-,20-13-,28-17-,30-27+,31-22+,32-23-/t26-/m0/s1. The van der Waals surface area contributed by atoms with E-state index in [1.54, 1.807) is 6.08 Å². The molecule has 1 aromatic carbocycles. The molecule has 0 unspecified atom stereocenters. The molecule has 1 aromatic rings. The highest BCUT2D eigenvalue weighted by molar-refractivity contribution is 5.58. The number of hydrogen-bond donors (Lipinski definition) is 1. The average Bonchev–Trinajstić information content (AvgIpc) is 2.78. The van der Waals surface area contributed by atoms with E-state index in [2.05, 4.69) is 71.7 Å². The van der Waals surface area contributed by atoms with Gasteiger partial charge in [0, 0.05) is 11.3 Å². The van der Waals surface area contributed by atoms with Crippen LogP contribution < -0.4 is 16.2 Å². The van der Waals surface area contributed by atoms with Gasteiger partial charge in [-0.2, -0.15) is 0 Å². The summed E-state index contributed by atoms with van der Waals surface area (Å²) in [5.41, 5.74) is 12.8. The Bertz CT molecular complexity index is 1150. The Morgan fingerprint density at radius 2 is 1.67 bits per heavy atom. The van der Waals surface area contributed by atoms with Crippen LogP contribution in [-0.4, -0.2) is 0 Å². The molecular weight excluding hydrogens is 398 g/mol. The summed E-state index contributed by atoms with van der Waals surface area (Å²) in [6.07, 6.45) is 21.7. The molecule has 0 fully saturated rings. The maximum Gasteiger partial charge on any atom is 0.0359 e. The number of nitrogens with two attached hydrogens (primary N) is 1. The number of allylic oxidation sites excluding steroid dienone is 13. The van der Waals surface area contributed by atoms with Gasteiger partial charge in [0.15, 0.2) is 0 Å². The predicted molar refractivity (Wildman–Crippen MR) is 150 cm³/mol. The van der Waals surface area contributed by atoms with Gasteiger partial charge in [-0.1, -0.05) is 123 Å². The lowest BCUT2D eigenvalue weighted by Crippen LogP contribution is -2.27. The van der Waals surface area contributed by atoms with Crippen LogP contribution in [0.2, 0.25) is 0 Å². The molecular formula is C32H39N. The Labute approximate surface area is 201 Å². The van der Waals surface area contributed by atoms with Gasteiger partial charge < -0.3 is 5.73 Å². The Hall–Kier alpha value is -3.58. The van der Waals surface area contributed by atoms with E-state index in [1.807, 2.05) is 67.7 Å². The fourth-order valence-electron chi connectivity index (χ4n) is 3.39.